The molecule has 0 spiro atoms. The summed E-state index contributed by atoms with van der Waals surface area (Å²) in [6.45, 7) is 5.03. The molecule has 0 unspecified atom stereocenters. The van der Waals surface area contributed by atoms with Gasteiger partial charge in [-0.1, -0.05) is 12.1 Å². The Labute approximate surface area is 173 Å². The molecule has 3 heterocycles. The van der Waals surface area contributed by atoms with Gasteiger partial charge in [0.05, 0.1) is 10.2 Å². The molecule has 150 valence electrons. The first-order valence-electron chi connectivity index (χ1n) is 9.76. The number of hydrogen-bond acceptors (Lipinski definition) is 5. The highest BCUT2D eigenvalue weighted by molar-refractivity contribution is 7.21. The van der Waals surface area contributed by atoms with Crippen LogP contribution in [0.4, 0.5) is 0 Å². The molecule has 4 rings (SSSR count). The molecule has 8 heteroatoms. The van der Waals surface area contributed by atoms with Crippen LogP contribution in [0.1, 0.15) is 19.1 Å². The molecule has 0 aliphatic rings. The molecule has 0 radical (unpaired) electrons. The number of rotatable bonds is 8. The van der Waals surface area contributed by atoms with Crippen LogP contribution in [-0.4, -0.2) is 33.8 Å². The maximum absolute atomic E-state index is 5.98. The Bertz CT molecular complexity index is 1030. The Hall–Kier alpha value is -3.13. The summed E-state index contributed by atoms with van der Waals surface area (Å²) in [7, 11) is 0. The summed E-state index contributed by atoms with van der Waals surface area (Å²) in [4.78, 5) is 9.28. The molecule has 4 aromatic rings. The van der Waals surface area contributed by atoms with Crippen molar-refractivity contribution in [3.05, 3.63) is 60.6 Å². The van der Waals surface area contributed by atoms with Gasteiger partial charge in [0.25, 0.3) is 0 Å². The van der Waals surface area contributed by atoms with Gasteiger partial charge in [-0.3, -0.25) is 4.68 Å². The normalized spacial score (nSPS) is 11.8. The number of para-hydroxylation sites is 1. The van der Waals surface area contributed by atoms with E-state index < -0.39 is 0 Å². The summed E-state index contributed by atoms with van der Waals surface area (Å²) in [5.74, 6) is 2.38. The molecule has 0 bridgehead atoms. The summed E-state index contributed by atoms with van der Waals surface area (Å²) >= 11 is 1.64. The van der Waals surface area contributed by atoms with Crippen molar-refractivity contribution in [2.24, 2.45) is 4.99 Å². The van der Waals surface area contributed by atoms with E-state index >= 15 is 0 Å². The summed E-state index contributed by atoms with van der Waals surface area (Å²) in [5.41, 5.74) is 0.997. The van der Waals surface area contributed by atoms with Crippen molar-refractivity contribution in [3.63, 3.8) is 0 Å². The second-order valence-electron chi connectivity index (χ2n) is 6.50. The highest BCUT2D eigenvalue weighted by atomic mass is 32.1. The molecule has 0 saturated carbocycles. The topological polar surface area (TPSA) is 80.3 Å². The SMILES string of the molecule is CCNC(=NCc1ccc(-c2nc3ccccc3s2)o1)NCCCn1cccn1. The Morgan fingerprint density at radius 1 is 1.17 bits per heavy atom. The summed E-state index contributed by atoms with van der Waals surface area (Å²) < 4.78 is 9.06. The molecule has 0 aliphatic heterocycles. The number of guanidine groups is 1. The molecule has 3 aromatic heterocycles. The minimum absolute atomic E-state index is 0.472. The van der Waals surface area contributed by atoms with Crippen LogP contribution in [0.2, 0.25) is 0 Å². The van der Waals surface area contributed by atoms with E-state index in [1.807, 2.05) is 47.3 Å². The fourth-order valence-corrected chi connectivity index (χ4v) is 3.86. The van der Waals surface area contributed by atoms with Crippen molar-refractivity contribution in [2.45, 2.75) is 26.4 Å². The fraction of sp³-hybridized carbons (Fsp3) is 0.286. The van der Waals surface area contributed by atoms with Crippen LogP contribution in [0, 0.1) is 0 Å². The third kappa shape index (κ3) is 5.03. The third-order valence-electron chi connectivity index (χ3n) is 4.32. The monoisotopic (exact) mass is 408 g/mol. The average molecular weight is 409 g/mol. The Morgan fingerprint density at radius 3 is 2.93 bits per heavy atom. The first-order chi connectivity index (χ1) is 14.3. The molecule has 0 atom stereocenters. The average Bonchev–Trinajstić information content (AvgIpc) is 3.49. The lowest BCUT2D eigenvalue weighted by atomic mass is 10.3. The lowest BCUT2D eigenvalue weighted by Gasteiger charge is -2.10. The van der Waals surface area contributed by atoms with E-state index in [9.17, 15) is 0 Å². The first-order valence-corrected chi connectivity index (χ1v) is 10.6. The molecule has 29 heavy (non-hydrogen) atoms. The number of aliphatic imine (C=N–C) groups is 1. The van der Waals surface area contributed by atoms with Gasteiger partial charge < -0.3 is 15.1 Å². The zero-order valence-electron chi connectivity index (χ0n) is 16.3. The summed E-state index contributed by atoms with van der Waals surface area (Å²) in [5, 5.41) is 11.7. The van der Waals surface area contributed by atoms with Crippen LogP contribution in [0.25, 0.3) is 21.0 Å². The predicted molar refractivity (Wildman–Crippen MR) is 117 cm³/mol. The van der Waals surface area contributed by atoms with Crippen LogP contribution >= 0.6 is 11.3 Å². The van der Waals surface area contributed by atoms with Gasteiger partial charge in [0.2, 0.25) is 0 Å². The molecule has 0 fully saturated rings. The first kappa shape index (κ1) is 19.2. The van der Waals surface area contributed by atoms with Gasteiger partial charge in [-0.25, -0.2) is 9.98 Å². The Morgan fingerprint density at radius 2 is 2.10 bits per heavy atom. The number of benzene rings is 1. The largest absolute Gasteiger partial charge is 0.457 e. The number of hydrogen-bond donors (Lipinski definition) is 2. The van der Waals surface area contributed by atoms with Gasteiger partial charge >= 0.3 is 0 Å². The van der Waals surface area contributed by atoms with Gasteiger partial charge in [-0.05, 0) is 43.7 Å². The molecule has 0 saturated heterocycles. The summed E-state index contributed by atoms with van der Waals surface area (Å²) in [6, 6.07) is 14.0. The maximum atomic E-state index is 5.98. The van der Waals surface area contributed by atoms with Crippen molar-refractivity contribution >= 4 is 27.5 Å². The second kappa shape index (κ2) is 9.38. The van der Waals surface area contributed by atoms with Crippen LogP contribution in [0.15, 0.2) is 64.3 Å². The number of nitrogens with zero attached hydrogens (tertiary/aromatic N) is 4. The second-order valence-corrected chi connectivity index (χ2v) is 7.53. The highest BCUT2D eigenvalue weighted by Gasteiger charge is 2.10. The molecule has 0 aliphatic carbocycles. The lowest BCUT2D eigenvalue weighted by Crippen LogP contribution is -2.38. The maximum Gasteiger partial charge on any atom is 0.191 e. The van der Waals surface area contributed by atoms with E-state index in [1.165, 1.54) is 0 Å². The van der Waals surface area contributed by atoms with Crippen LogP contribution in [-0.2, 0) is 13.1 Å². The van der Waals surface area contributed by atoms with Gasteiger partial charge in [-0.2, -0.15) is 5.10 Å². The van der Waals surface area contributed by atoms with Crippen LogP contribution < -0.4 is 10.6 Å². The van der Waals surface area contributed by atoms with Crippen LogP contribution in [0.5, 0.6) is 0 Å². The molecule has 7 nitrogen and oxygen atoms in total. The smallest absolute Gasteiger partial charge is 0.191 e. The zero-order chi connectivity index (χ0) is 19.9. The number of nitrogens with one attached hydrogen (secondary N) is 2. The van der Waals surface area contributed by atoms with Crippen molar-refractivity contribution in [1.29, 1.82) is 0 Å². The van der Waals surface area contributed by atoms with Gasteiger partial charge in [0.1, 0.15) is 12.3 Å². The van der Waals surface area contributed by atoms with Gasteiger partial charge in [0, 0.05) is 32.0 Å². The fourth-order valence-electron chi connectivity index (χ4n) is 2.93. The predicted octanol–water partition coefficient (Wildman–Crippen LogP) is 3.90. The third-order valence-corrected chi connectivity index (χ3v) is 5.37. The molecule has 0 amide bonds. The zero-order valence-corrected chi connectivity index (χ0v) is 17.2. The van der Waals surface area contributed by atoms with E-state index in [2.05, 4.69) is 38.7 Å². The van der Waals surface area contributed by atoms with E-state index in [4.69, 9.17) is 4.42 Å². The minimum Gasteiger partial charge on any atom is -0.457 e. The van der Waals surface area contributed by atoms with Crippen molar-refractivity contribution in [2.75, 3.05) is 13.1 Å². The van der Waals surface area contributed by atoms with Crippen molar-refractivity contribution in [1.82, 2.24) is 25.4 Å². The summed E-state index contributed by atoms with van der Waals surface area (Å²) in [6.07, 6.45) is 4.73. The standard InChI is InChI=1S/C21H24N6OS/c1-2-22-21(23-11-5-13-27-14-6-12-25-27)24-15-16-9-10-18(28-16)20-26-17-7-3-4-8-19(17)29-20/h3-4,6-10,12,14H,2,5,11,13,15H2,1H3,(H2,22,23,24). The molecular weight excluding hydrogens is 384 g/mol. The van der Waals surface area contributed by atoms with Gasteiger partial charge in [-0.15, -0.1) is 11.3 Å². The minimum atomic E-state index is 0.472. The Kier molecular flexibility index (Phi) is 6.21. The highest BCUT2D eigenvalue weighted by Crippen LogP contribution is 2.31. The number of aromatic nitrogens is 3. The number of thiazole rings is 1. The quantitative estimate of drug-likeness (QED) is 0.263. The number of furan rings is 1. The lowest BCUT2D eigenvalue weighted by molar-refractivity contribution is 0.524. The molecule has 1 aromatic carbocycles. The Balaban J connectivity index is 1.34. The molecule has 2 N–H and O–H groups in total. The van der Waals surface area contributed by atoms with E-state index in [-0.39, 0.29) is 0 Å². The van der Waals surface area contributed by atoms with Crippen LogP contribution in [0.3, 0.4) is 0 Å². The molecular formula is C21H24N6OS. The van der Waals surface area contributed by atoms with Crippen molar-refractivity contribution < 1.29 is 4.42 Å². The van der Waals surface area contributed by atoms with Crippen molar-refractivity contribution in [3.8, 4) is 10.8 Å². The van der Waals surface area contributed by atoms with E-state index in [0.717, 1.165) is 58.8 Å². The number of fused-ring (bicyclic) bond motifs is 1. The van der Waals surface area contributed by atoms with E-state index in [1.54, 1.807) is 17.5 Å². The number of aryl methyl sites for hydroxylation is 1. The van der Waals surface area contributed by atoms with Gasteiger partial charge in [0.15, 0.2) is 16.7 Å². The van der Waals surface area contributed by atoms with E-state index in [0.29, 0.717) is 6.54 Å².